The number of nitrogens with two attached hydrogens (primary N) is 1. The molecular weight excluding hydrogens is 336 g/mol. The Morgan fingerprint density at radius 2 is 2.24 bits per heavy atom. The molecule has 1 aromatic rings. The van der Waals surface area contributed by atoms with Crippen molar-refractivity contribution in [1.29, 1.82) is 0 Å². The monoisotopic (exact) mass is 354 g/mol. The van der Waals surface area contributed by atoms with Crippen molar-refractivity contribution in [2.75, 3.05) is 37.5 Å². The summed E-state index contributed by atoms with van der Waals surface area (Å²) in [5.74, 6) is -0.125. The van der Waals surface area contributed by atoms with Crippen molar-refractivity contribution in [3.63, 3.8) is 0 Å². The van der Waals surface area contributed by atoms with E-state index in [4.69, 9.17) is 10.5 Å². The number of ether oxygens (including phenoxy) is 1. The lowest BCUT2D eigenvalue weighted by molar-refractivity contribution is 0.169. The molecule has 1 unspecified atom stereocenters. The Balaban J connectivity index is 2.31. The average Bonchev–Trinajstić information content (AvgIpc) is 2.96. The summed E-state index contributed by atoms with van der Waals surface area (Å²) in [5, 5.41) is 1.55. The van der Waals surface area contributed by atoms with Crippen LogP contribution in [0.2, 0.25) is 0 Å². The maximum Gasteiger partial charge on any atom is 0.252 e. The summed E-state index contributed by atoms with van der Waals surface area (Å²) in [6, 6.07) is 0.849. The lowest BCUT2D eigenvalue weighted by atomic mass is 10.3. The molecule has 21 heavy (non-hydrogen) atoms. The van der Waals surface area contributed by atoms with E-state index < -0.39 is 25.9 Å². The highest BCUT2D eigenvalue weighted by atomic mass is 32.2. The summed E-state index contributed by atoms with van der Waals surface area (Å²) in [6.07, 6.45) is 0.312. The zero-order valence-electron chi connectivity index (χ0n) is 11.6. The first-order valence-corrected chi connectivity index (χ1v) is 10.5. The van der Waals surface area contributed by atoms with Crippen LogP contribution in [0.5, 0.6) is 0 Å². The number of hydrogen-bond donors (Lipinski definition) is 1. The highest BCUT2D eigenvalue weighted by molar-refractivity contribution is 7.92. The molecular formula is C11H18N2O5S3. The zero-order chi connectivity index (χ0) is 15.7. The first-order valence-electron chi connectivity index (χ1n) is 6.31. The number of nitrogen functional groups attached to an aromatic ring is 1. The molecule has 1 saturated heterocycles. The molecule has 2 rings (SSSR count). The molecule has 2 N–H and O–H groups in total. The second-order valence-electron chi connectivity index (χ2n) is 4.86. The lowest BCUT2D eigenvalue weighted by Crippen LogP contribution is -2.42. The quantitative estimate of drug-likeness (QED) is 0.779. The van der Waals surface area contributed by atoms with Gasteiger partial charge in [-0.1, -0.05) is 0 Å². The predicted molar refractivity (Wildman–Crippen MR) is 81.6 cm³/mol. The smallest absolute Gasteiger partial charge is 0.252 e. The Labute approximate surface area is 128 Å². The molecule has 0 radical (unpaired) electrons. The highest BCUT2D eigenvalue weighted by Crippen LogP contribution is 2.29. The summed E-state index contributed by atoms with van der Waals surface area (Å²) in [7, 11) is -5.46. The van der Waals surface area contributed by atoms with Crippen molar-refractivity contribution in [1.82, 2.24) is 4.31 Å². The first kappa shape index (κ1) is 16.7. The van der Waals surface area contributed by atoms with Gasteiger partial charge in [-0.3, -0.25) is 0 Å². The Morgan fingerprint density at radius 1 is 1.52 bits per heavy atom. The molecule has 0 aromatic carbocycles. The molecule has 7 nitrogen and oxygen atoms in total. The minimum absolute atomic E-state index is 0.0171. The van der Waals surface area contributed by atoms with E-state index in [2.05, 4.69) is 0 Å². The van der Waals surface area contributed by atoms with Gasteiger partial charge in [-0.25, -0.2) is 16.8 Å². The largest absolute Gasteiger partial charge is 0.398 e. The fraction of sp³-hybridized carbons (Fsp3) is 0.636. The van der Waals surface area contributed by atoms with E-state index >= 15 is 0 Å². The maximum atomic E-state index is 12.7. The number of hydrogen-bond acceptors (Lipinski definition) is 7. The molecule has 10 heteroatoms. The topological polar surface area (TPSA) is 107 Å². The normalized spacial score (nSPS) is 21.9. The van der Waals surface area contributed by atoms with E-state index in [0.717, 1.165) is 11.3 Å². The minimum Gasteiger partial charge on any atom is -0.398 e. The van der Waals surface area contributed by atoms with Crippen molar-refractivity contribution in [3.8, 4) is 0 Å². The minimum atomic E-state index is -3.76. The van der Waals surface area contributed by atoms with Crippen LogP contribution in [0, 0.1) is 0 Å². The molecule has 0 spiro atoms. The van der Waals surface area contributed by atoms with E-state index in [1.54, 1.807) is 5.38 Å². The van der Waals surface area contributed by atoms with Gasteiger partial charge in [0.15, 0.2) is 9.84 Å². The van der Waals surface area contributed by atoms with Crippen LogP contribution in [-0.4, -0.2) is 58.9 Å². The number of sulfonamides is 1. The number of methoxy groups -OCH3 is 1. The summed E-state index contributed by atoms with van der Waals surface area (Å²) in [5.41, 5.74) is 5.96. The van der Waals surface area contributed by atoms with Crippen molar-refractivity contribution < 1.29 is 21.6 Å². The lowest BCUT2D eigenvalue weighted by Gasteiger charge is -2.26. The molecule has 0 bridgehead atoms. The third-order valence-electron chi connectivity index (χ3n) is 3.29. The number of thiophene rings is 1. The molecule has 2 heterocycles. The molecule has 0 amide bonds. The van der Waals surface area contributed by atoms with Gasteiger partial charge < -0.3 is 10.5 Å². The standard InChI is InChI=1S/C11H18N2O5S3/c1-18-4-3-13(10-2-5-20(14,15)8-10)21(16,17)11-6-9(12)7-19-11/h6-7,10H,2-5,8,12H2,1H3. The highest BCUT2D eigenvalue weighted by Gasteiger charge is 2.39. The second kappa shape index (κ2) is 6.21. The maximum absolute atomic E-state index is 12.7. The van der Waals surface area contributed by atoms with Gasteiger partial charge in [0.1, 0.15) is 4.21 Å². The van der Waals surface area contributed by atoms with Crippen molar-refractivity contribution in [2.24, 2.45) is 0 Å². The molecule has 1 aliphatic heterocycles. The third kappa shape index (κ3) is 3.75. The summed E-state index contributed by atoms with van der Waals surface area (Å²) in [4.78, 5) is 0. The Bertz CT molecular complexity index is 695. The van der Waals surface area contributed by atoms with Crippen LogP contribution in [0.3, 0.4) is 0 Å². The molecule has 0 saturated carbocycles. The van der Waals surface area contributed by atoms with Crippen molar-refractivity contribution in [2.45, 2.75) is 16.7 Å². The number of anilines is 1. The first-order chi connectivity index (χ1) is 9.76. The van der Waals surface area contributed by atoms with E-state index in [0.29, 0.717) is 12.1 Å². The van der Waals surface area contributed by atoms with Gasteiger partial charge in [-0.15, -0.1) is 11.3 Å². The van der Waals surface area contributed by atoms with Gasteiger partial charge in [0, 0.05) is 30.8 Å². The van der Waals surface area contributed by atoms with Crippen LogP contribution in [0.15, 0.2) is 15.7 Å². The fourth-order valence-electron chi connectivity index (χ4n) is 2.26. The van der Waals surface area contributed by atoms with Crippen molar-refractivity contribution >= 4 is 36.9 Å². The Hall–Kier alpha value is -0.680. The molecule has 1 aromatic heterocycles. The Kier molecular flexibility index (Phi) is 4.93. The van der Waals surface area contributed by atoms with E-state index in [-0.39, 0.29) is 28.9 Å². The fourth-order valence-corrected chi connectivity index (χ4v) is 6.93. The van der Waals surface area contributed by atoms with Crippen LogP contribution in [-0.2, 0) is 24.6 Å². The summed E-state index contributed by atoms with van der Waals surface area (Å²) < 4.78 is 54.9. The van der Waals surface area contributed by atoms with Gasteiger partial charge in [0.25, 0.3) is 10.0 Å². The third-order valence-corrected chi connectivity index (χ3v) is 8.43. The molecule has 1 aliphatic rings. The van der Waals surface area contributed by atoms with Gasteiger partial charge in [-0.2, -0.15) is 4.31 Å². The second-order valence-corrected chi connectivity index (χ2v) is 10.1. The van der Waals surface area contributed by atoms with Crippen LogP contribution in [0.25, 0.3) is 0 Å². The van der Waals surface area contributed by atoms with Gasteiger partial charge in [-0.05, 0) is 12.5 Å². The Morgan fingerprint density at radius 3 is 2.71 bits per heavy atom. The number of nitrogens with zero attached hydrogens (tertiary/aromatic N) is 1. The molecule has 0 aliphatic carbocycles. The van der Waals surface area contributed by atoms with E-state index in [1.165, 1.54) is 17.5 Å². The summed E-state index contributed by atoms with van der Waals surface area (Å²) >= 11 is 1.03. The van der Waals surface area contributed by atoms with Gasteiger partial charge in [0.05, 0.1) is 18.1 Å². The van der Waals surface area contributed by atoms with Crippen molar-refractivity contribution in [3.05, 3.63) is 11.4 Å². The number of sulfone groups is 1. The van der Waals surface area contributed by atoms with E-state index in [1.807, 2.05) is 0 Å². The van der Waals surface area contributed by atoms with Crippen LogP contribution in [0.1, 0.15) is 6.42 Å². The predicted octanol–water partition coefficient (Wildman–Crippen LogP) is 0.154. The van der Waals surface area contributed by atoms with Crippen LogP contribution in [0.4, 0.5) is 5.69 Å². The number of rotatable bonds is 6. The van der Waals surface area contributed by atoms with Crippen LogP contribution < -0.4 is 5.73 Å². The summed E-state index contributed by atoms with van der Waals surface area (Å²) in [6.45, 7) is 0.327. The molecule has 1 fully saturated rings. The van der Waals surface area contributed by atoms with Gasteiger partial charge >= 0.3 is 0 Å². The zero-order valence-corrected chi connectivity index (χ0v) is 14.0. The van der Waals surface area contributed by atoms with E-state index in [9.17, 15) is 16.8 Å². The average molecular weight is 354 g/mol. The SMILES string of the molecule is COCCN(C1CCS(=O)(=O)C1)S(=O)(=O)c1cc(N)cs1. The molecule has 120 valence electrons. The van der Waals surface area contributed by atoms with Gasteiger partial charge in [0.2, 0.25) is 0 Å². The van der Waals surface area contributed by atoms with Crippen LogP contribution >= 0.6 is 11.3 Å². The molecule has 1 atom stereocenters.